The number of halogens is 2. The van der Waals surface area contributed by atoms with Crippen LogP contribution in [-0.4, -0.2) is 12.2 Å². The van der Waals surface area contributed by atoms with E-state index in [4.69, 9.17) is 23.2 Å². The first kappa shape index (κ1) is 16.2. The third kappa shape index (κ3) is 3.52. The monoisotopic (exact) mass is 323 g/mol. The number of rotatable bonds is 4. The van der Waals surface area contributed by atoms with Crippen molar-refractivity contribution in [3.8, 4) is 0 Å². The molecule has 4 heteroatoms. The summed E-state index contributed by atoms with van der Waals surface area (Å²) >= 11 is 12.6. The molecule has 0 saturated carbocycles. The highest BCUT2D eigenvalue weighted by atomic mass is 35.5. The van der Waals surface area contributed by atoms with E-state index in [-0.39, 0.29) is 6.04 Å². The largest absolute Gasteiger partial charge is 0.389 e. The Bertz CT molecular complexity index is 628. The van der Waals surface area contributed by atoms with Crippen LogP contribution in [0.5, 0.6) is 0 Å². The van der Waals surface area contributed by atoms with Gasteiger partial charge in [-0.25, -0.2) is 0 Å². The Morgan fingerprint density at radius 2 is 1.67 bits per heavy atom. The van der Waals surface area contributed by atoms with Crippen LogP contribution in [0, 0.1) is 0 Å². The highest BCUT2D eigenvalue weighted by Crippen LogP contribution is 2.35. The van der Waals surface area contributed by atoms with Gasteiger partial charge in [0.2, 0.25) is 0 Å². The molecule has 0 aromatic heterocycles. The van der Waals surface area contributed by atoms with Crippen LogP contribution in [0.25, 0.3) is 0 Å². The van der Waals surface area contributed by atoms with Crippen LogP contribution in [-0.2, 0) is 0 Å². The molecule has 0 aliphatic rings. The minimum absolute atomic E-state index is 0.0913. The first-order chi connectivity index (χ1) is 9.91. The standard InChI is InChI=1S/C17H19Cl2NO/c1-11(14-6-4-5-7-15(14)18)20(3)17-9-8-13(12(2)21)10-16(17)19/h4-12,21H,1-3H3/t11?,12-/m1/s1. The third-order valence-electron chi connectivity index (χ3n) is 3.77. The highest BCUT2D eigenvalue weighted by Gasteiger charge is 2.17. The van der Waals surface area contributed by atoms with E-state index in [0.29, 0.717) is 5.02 Å². The van der Waals surface area contributed by atoms with Crippen molar-refractivity contribution < 1.29 is 5.11 Å². The molecule has 0 aliphatic heterocycles. The van der Waals surface area contributed by atoms with E-state index in [9.17, 15) is 5.11 Å². The van der Waals surface area contributed by atoms with Crippen LogP contribution in [0.1, 0.15) is 37.1 Å². The van der Waals surface area contributed by atoms with Gasteiger partial charge >= 0.3 is 0 Å². The van der Waals surface area contributed by atoms with Gasteiger partial charge in [-0.2, -0.15) is 0 Å². The molecule has 0 radical (unpaired) electrons. The van der Waals surface area contributed by atoms with Crippen LogP contribution in [0.15, 0.2) is 42.5 Å². The van der Waals surface area contributed by atoms with Crippen molar-refractivity contribution in [2.75, 3.05) is 11.9 Å². The number of benzene rings is 2. The lowest BCUT2D eigenvalue weighted by Gasteiger charge is -2.29. The number of aliphatic hydroxyl groups is 1. The Kier molecular flexibility index (Phi) is 5.15. The second-order valence-corrected chi connectivity index (χ2v) is 6.01. The summed E-state index contributed by atoms with van der Waals surface area (Å²) < 4.78 is 0. The maximum atomic E-state index is 9.61. The smallest absolute Gasteiger partial charge is 0.0762 e. The first-order valence-corrected chi connectivity index (χ1v) is 7.62. The number of anilines is 1. The van der Waals surface area contributed by atoms with Crippen LogP contribution < -0.4 is 4.90 Å². The molecule has 1 N–H and O–H groups in total. The maximum Gasteiger partial charge on any atom is 0.0762 e. The molecule has 0 heterocycles. The second-order valence-electron chi connectivity index (χ2n) is 5.20. The number of hydrogen-bond acceptors (Lipinski definition) is 2. The predicted octanol–water partition coefficient (Wildman–Crippen LogP) is 5.24. The number of aliphatic hydroxyl groups excluding tert-OH is 1. The third-order valence-corrected chi connectivity index (χ3v) is 4.42. The van der Waals surface area contributed by atoms with Gasteiger partial charge in [0, 0.05) is 12.1 Å². The van der Waals surface area contributed by atoms with Crippen molar-refractivity contribution in [1.82, 2.24) is 0 Å². The van der Waals surface area contributed by atoms with E-state index < -0.39 is 6.10 Å². The minimum Gasteiger partial charge on any atom is -0.389 e. The van der Waals surface area contributed by atoms with E-state index >= 15 is 0 Å². The molecule has 112 valence electrons. The van der Waals surface area contributed by atoms with Crippen LogP contribution >= 0.6 is 23.2 Å². The van der Waals surface area contributed by atoms with Crippen molar-refractivity contribution in [3.63, 3.8) is 0 Å². The van der Waals surface area contributed by atoms with Crippen molar-refractivity contribution >= 4 is 28.9 Å². The summed E-state index contributed by atoms with van der Waals surface area (Å²) in [5.74, 6) is 0. The summed E-state index contributed by atoms with van der Waals surface area (Å²) in [7, 11) is 1.98. The molecule has 0 amide bonds. The molecule has 0 bridgehead atoms. The summed E-state index contributed by atoms with van der Waals surface area (Å²) in [4.78, 5) is 2.08. The Hall–Kier alpha value is -1.22. The van der Waals surface area contributed by atoms with E-state index in [1.165, 1.54) is 0 Å². The molecule has 0 spiro atoms. The average Bonchev–Trinajstić information content (AvgIpc) is 2.46. The van der Waals surface area contributed by atoms with E-state index in [1.54, 1.807) is 13.0 Å². The zero-order chi connectivity index (χ0) is 15.6. The van der Waals surface area contributed by atoms with E-state index in [0.717, 1.165) is 21.8 Å². The molecular weight excluding hydrogens is 305 g/mol. The van der Waals surface area contributed by atoms with Crippen molar-refractivity contribution in [2.24, 2.45) is 0 Å². The van der Waals surface area contributed by atoms with Gasteiger partial charge in [0.1, 0.15) is 0 Å². The van der Waals surface area contributed by atoms with Gasteiger partial charge in [-0.05, 0) is 43.2 Å². The summed E-state index contributed by atoms with van der Waals surface area (Å²) in [6.45, 7) is 3.81. The fraction of sp³-hybridized carbons (Fsp3) is 0.294. The first-order valence-electron chi connectivity index (χ1n) is 6.86. The molecule has 21 heavy (non-hydrogen) atoms. The maximum absolute atomic E-state index is 9.61. The van der Waals surface area contributed by atoms with Gasteiger partial charge in [-0.3, -0.25) is 0 Å². The molecule has 2 rings (SSSR count). The average molecular weight is 324 g/mol. The van der Waals surface area contributed by atoms with Crippen LogP contribution in [0.4, 0.5) is 5.69 Å². The summed E-state index contributed by atoms with van der Waals surface area (Å²) in [5.41, 5.74) is 2.77. The molecule has 0 aliphatic carbocycles. The SMILES string of the molecule is CC(c1ccccc1Cl)N(C)c1ccc([C@@H](C)O)cc1Cl. The molecule has 2 aromatic rings. The quantitative estimate of drug-likeness (QED) is 0.831. The Morgan fingerprint density at radius 1 is 1.00 bits per heavy atom. The van der Waals surface area contributed by atoms with Gasteiger partial charge in [0.05, 0.1) is 22.9 Å². The highest BCUT2D eigenvalue weighted by molar-refractivity contribution is 6.33. The van der Waals surface area contributed by atoms with E-state index in [2.05, 4.69) is 11.8 Å². The minimum atomic E-state index is -0.525. The van der Waals surface area contributed by atoms with Gasteiger partial charge in [-0.1, -0.05) is 47.5 Å². The zero-order valence-corrected chi connectivity index (χ0v) is 13.9. The summed E-state index contributed by atoms with van der Waals surface area (Å²) in [5, 5.41) is 11.0. The lowest BCUT2D eigenvalue weighted by molar-refractivity contribution is 0.199. The Morgan fingerprint density at radius 3 is 2.24 bits per heavy atom. The van der Waals surface area contributed by atoms with Gasteiger partial charge < -0.3 is 10.0 Å². The normalized spacial score (nSPS) is 13.8. The number of hydrogen-bond donors (Lipinski definition) is 1. The van der Waals surface area contributed by atoms with E-state index in [1.807, 2.05) is 43.4 Å². The Balaban J connectivity index is 2.32. The number of nitrogens with zero attached hydrogens (tertiary/aromatic N) is 1. The lowest BCUT2D eigenvalue weighted by Crippen LogP contribution is -2.22. The molecule has 2 nitrogen and oxygen atoms in total. The molecule has 0 fully saturated rings. The lowest BCUT2D eigenvalue weighted by atomic mass is 10.1. The molecule has 1 unspecified atom stereocenters. The topological polar surface area (TPSA) is 23.5 Å². The molecule has 0 saturated heterocycles. The van der Waals surface area contributed by atoms with Gasteiger partial charge in [0.25, 0.3) is 0 Å². The van der Waals surface area contributed by atoms with Crippen LogP contribution in [0.3, 0.4) is 0 Å². The molecule has 2 aromatic carbocycles. The van der Waals surface area contributed by atoms with Gasteiger partial charge in [-0.15, -0.1) is 0 Å². The predicted molar refractivity (Wildman–Crippen MR) is 90.4 cm³/mol. The summed E-state index contributed by atoms with van der Waals surface area (Å²) in [6, 6.07) is 13.5. The second kappa shape index (κ2) is 6.69. The summed E-state index contributed by atoms with van der Waals surface area (Å²) in [6.07, 6.45) is -0.525. The Labute approximate surface area is 135 Å². The fourth-order valence-corrected chi connectivity index (χ4v) is 2.92. The fourth-order valence-electron chi connectivity index (χ4n) is 2.30. The zero-order valence-electron chi connectivity index (χ0n) is 12.3. The van der Waals surface area contributed by atoms with Gasteiger partial charge in [0.15, 0.2) is 0 Å². The molecular formula is C17H19Cl2NO. The van der Waals surface area contributed by atoms with Crippen molar-refractivity contribution in [2.45, 2.75) is 26.0 Å². The van der Waals surface area contributed by atoms with Crippen LogP contribution in [0.2, 0.25) is 10.0 Å². The van der Waals surface area contributed by atoms with Crippen molar-refractivity contribution in [1.29, 1.82) is 0 Å². The molecule has 2 atom stereocenters. The van der Waals surface area contributed by atoms with Crippen molar-refractivity contribution in [3.05, 3.63) is 63.6 Å².